The summed E-state index contributed by atoms with van der Waals surface area (Å²) in [5, 5.41) is 14.0. The van der Waals surface area contributed by atoms with Crippen molar-refractivity contribution in [3.05, 3.63) is 28.1 Å². The molecule has 0 aliphatic rings. The van der Waals surface area contributed by atoms with Crippen LogP contribution in [-0.2, 0) is 20.9 Å². The molecule has 0 saturated heterocycles. The molecule has 1 atom stereocenters. The number of carboxylic acid groups (broad SMARTS) is 1. The molecule has 2 N–H and O–H groups in total. The fourth-order valence-corrected chi connectivity index (χ4v) is 3.16. The summed E-state index contributed by atoms with van der Waals surface area (Å²) in [7, 11) is 0. The topological polar surface area (TPSA) is 122 Å². The molecular formula is C16H20N4O5S. The van der Waals surface area contributed by atoms with Crippen molar-refractivity contribution in [1.82, 2.24) is 19.8 Å². The Hall–Kier alpha value is -2.75. The average molecular weight is 380 g/mol. The number of aromatic nitrogens is 2. The van der Waals surface area contributed by atoms with Crippen molar-refractivity contribution in [2.75, 3.05) is 13.1 Å². The van der Waals surface area contributed by atoms with Gasteiger partial charge in [-0.05, 0) is 18.4 Å². The molecule has 0 fully saturated rings. The number of nitrogens with one attached hydrogen (secondary N) is 1. The molecule has 1 unspecified atom stereocenters. The summed E-state index contributed by atoms with van der Waals surface area (Å²) >= 11 is 1.36. The molecule has 2 aromatic rings. The second kappa shape index (κ2) is 8.56. The van der Waals surface area contributed by atoms with Crippen LogP contribution in [0.15, 0.2) is 22.6 Å². The number of thiophene rings is 1. The number of hydrogen-bond acceptors (Lipinski definition) is 6. The van der Waals surface area contributed by atoms with Gasteiger partial charge < -0.3 is 15.3 Å². The summed E-state index contributed by atoms with van der Waals surface area (Å²) in [6.07, 6.45) is 1.34. The highest BCUT2D eigenvalue weighted by molar-refractivity contribution is 7.16. The monoisotopic (exact) mass is 380 g/mol. The maximum absolute atomic E-state index is 12.5. The number of fused-ring (bicyclic) bond motifs is 1. The fraction of sp³-hybridized carbons (Fsp3) is 0.438. The number of aryl methyl sites for hydroxylation is 1. The third kappa shape index (κ3) is 4.66. The molecule has 0 aliphatic carbocycles. The Labute approximate surface area is 153 Å². The molecule has 0 spiro atoms. The minimum atomic E-state index is -1.14. The predicted molar refractivity (Wildman–Crippen MR) is 96.0 cm³/mol. The molecule has 2 rings (SSSR count). The number of nitrogens with zero attached hydrogens (tertiary/aromatic N) is 3. The number of hydrogen-bond donors (Lipinski definition) is 2. The Morgan fingerprint density at radius 2 is 2.15 bits per heavy atom. The van der Waals surface area contributed by atoms with E-state index in [9.17, 15) is 24.3 Å². The van der Waals surface area contributed by atoms with Crippen LogP contribution < -0.4 is 10.9 Å². The largest absolute Gasteiger partial charge is 0.480 e. The summed E-state index contributed by atoms with van der Waals surface area (Å²) in [5.41, 5.74) is -0.236. The zero-order valence-corrected chi connectivity index (χ0v) is 15.3. The van der Waals surface area contributed by atoms with Gasteiger partial charge in [0, 0.05) is 33.0 Å². The minimum absolute atomic E-state index is 0.0467. The van der Waals surface area contributed by atoms with E-state index in [4.69, 9.17) is 0 Å². The highest BCUT2D eigenvalue weighted by Crippen LogP contribution is 2.13. The molecule has 2 amide bonds. The Morgan fingerprint density at radius 1 is 1.42 bits per heavy atom. The predicted octanol–water partition coefficient (Wildman–Crippen LogP) is 0.286. The van der Waals surface area contributed by atoms with E-state index in [1.807, 2.05) is 0 Å². The number of carboxylic acids is 1. The van der Waals surface area contributed by atoms with Gasteiger partial charge in [-0.1, -0.05) is 0 Å². The zero-order valence-electron chi connectivity index (χ0n) is 14.5. The van der Waals surface area contributed by atoms with Crippen molar-refractivity contribution < 1.29 is 19.5 Å². The molecule has 0 aliphatic heterocycles. The quantitative estimate of drug-likeness (QED) is 0.679. The van der Waals surface area contributed by atoms with Crippen LogP contribution in [0, 0.1) is 0 Å². The van der Waals surface area contributed by atoms with Crippen molar-refractivity contribution >= 4 is 39.3 Å². The van der Waals surface area contributed by atoms with E-state index in [2.05, 4.69) is 10.3 Å². The summed E-state index contributed by atoms with van der Waals surface area (Å²) < 4.78 is 1.34. The summed E-state index contributed by atoms with van der Waals surface area (Å²) in [6, 6.07) is 0.644. The van der Waals surface area contributed by atoms with Crippen LogP contribution in [0.4, 0.5) is 0 Å². The van der Waals surface area contributed by atoms with Gasteiger partial charge in [0.15, 0.2) is 0 Å². The normalized spacial score (nSPS) is 11.9. The number of aliphatic carboxylic acids is 1. The van der Waals surface area contributed by atoms with Gasteiger partial charge in [0.2, 0.25) is 11.8 Å². The lowest BCUT2D eigenvalue weighted by atomic mass is 10.2. The van der Waals surface area contributed by atoms with Crippen molar-refractivity contribution in [3.63, 3.8) is 0 Å². The molecule has 2 aromatic heterocycles. The smallest absolute Gasteiger partial charge is 0.326 e. The molecular weight excluding hydrogens is 360 g/mol. The second-order valence-electron chi connectivity index (χ2n) is 5.72. The lowest BCUT2D eigenvalue weighted by molar-refractivity contribution is -0.149. The van der Waals surface area contributed by atoms with Gasteiger partial charge in [-0.2, -0.15) is 0 Å². The summed E-state index contributed by atoms with van der Waals surface area (Å²) in [6.45, 7) is 3.06. The van der Waals surface area contributed by atoms with E-state index in [1.54, 1.807) is 11.4 Å². The van der Waals surface area contributed by atoms with Gasteiger partial charge in [-0.25, -0.2) is 9.78 Å². The van der Waals surface area contributed by atoms with Crippen LogP contribution in [0.25, 0.3) is 10.2 Å². The van der Waals surface area contributed by atoms with Crippen LogP contribution in [-0.4, -0.2) is 56.5 Å². The Balaban J connectivity index is 2.07. The van der Waals surface area contributed by atoms with E-state index in [-0.39, 0.29) is 37.5 Å². The minimum Gasteiger partial charge on any atom is -0.480 e. The van der Waals surface area contributed by atoms with Gasteiger partial charge in [-0.15, -0.1) is 11.3 Å². The molecule has 0 aromatic carbocycles. The van der Waals surface area contributed by atoms with Crippen molar-refractivity contribution in [2.24, 2.45) is 0 Å². The lowest BCUT2D eigenvalue weighted by Crippen LogP contribution is -2.47. The average Bonchev–Trinajstić information content (AvgIpc) is 3.06. The third-order valence-corrected chi connectivity index (χ3v) is 4.71. The first-order valence-corrected chi connectivity index (χ1v) is 8.88. The second-order valence-corrected chi connectivity index (χ2v) is 6.61. The molecule has 0 bridgehead atoms. The van der Waals surface area contributed by atoms with Crippen LogP contribution in [0.5, 0.6) is 0 Å². The molecule has 140 valence electrons. The van der Waals surface area contributed by atoms with E-state index < -0.39 is 17.9 Å². The summed E-state index contributed by atoms with van der Waals surface area (Å²) in [5.74, 6) is -1.82. The Bertz CT molecular complexity index is 875. The molecule has 26 heavy (non-hydrogen) atoms. The first-order valence-electron chi connectivity index (χ1n) is 8.00. The van der Waals surface area contributed by atoms with E-state index >= 15 is 0 Å². The number of amides is 2. The molecule has 2 heterocycles. The first kappa shape index (κ1) is 19.6. The van der Waals surface area contributed by atoms with Crippen LogP contribution in [0.3, 0.4) is 0 Å². The molecule has 10 heteroatoms. The van der Waals surface area contributed by atoms with E-state index in [0.29, 0.717) is 10.2 Å². The van der Waals surface area contributed by atoms with Gasteiger partial charge in [0.1, 0.15) is 10.9 Å². The van der Waals surface area contributed by atoms with Gasteiger partial charge in [-0.3, -0.25) is 19.0 Å². The fourth-order valence-electron chi connectivity index (χ4n) is 2.43. The number of carbonyl (C=O) groups excluding carboxylic acids is 2. The maximum atomic E-state index is 12.5. The highest BCUT2D eigenvalue weighted by atomic mass is 32.1. The first-order chi connectivity index (χ1) is 12.3. The van der Waals surface area contributed by atoms with Gasteiger partial charge in [0.25, 0.3) is 5.56 Å². The number of carbonyl (C=O) groups is 3. The summed E-state index contributed by atoms with van der Waals surface area (Å²) in [4.78, 5) is 53.0. The Kier molecular flexibility index (Phi) is 6.45. The van der Waals surface area contributed by atoms with Crippen molar-refractivity contribution in [3.8, 4) is 0 Å². The lowest BCUT2D eigenvalue weighted by Gasteiger charge is -2.26. The molecule has 9 nitrogen and oxygen atoms in total. The SMILES string of the molecule is CC(=O)NCCN(C(=O)CCn1cnc2sccc2c1=O)C(C)C(=O)O. The molecule has 0 radical (unpaired) electrons. The molecule has 0 saturated carbocycles. The van der Waals surface area contributed by atoms with Gasteiger partial charge in [0.05, 0.1) is 11.7 Å². The van der Waals surface area contributed by atoms with Crippen molar-refractivity contribution in [1.29, 1.82) is 0 Å². The van der Waals surface area contributed by atoms with E-state index in [0.717, 1.165) is 0 Å². The van der Waals surface area contributed by atoms with E-state index in [1.165, 1.54) is 41.0 Å². The highest BCUT2D eigenvalue weighted by Gasteiger charge is 2.25. The maximum Gasteiger partial charge on any atom is 0.326 e. The van der Waals surface area contributed by atoms with Crippen LogP contribution >= 0.6 is 11.3 Å². The van der Waals surface area contributed by atoms with Gasteiger partial charge >= 0.3 is 5.97 Å². The standard InChI is InChI=1S/C16H20N4O5S/c1-10(16(24)25)20(7-5-17-11(2)21)13(22)3-6-19-9-18-14-12(15(19)23)4-8-26-14/h4,8-10H,3,5-7H2,1-2H3,(H,17,21)(H,24,25). The van der Waals surface area contributed by atoms with Crippen LogP contribution in [0.1, 0.15) is 20.3 Å². The van der Waals surface area contributed by atoms with Crippen LogP contribution in [0.2, 0.25) is 0 Å². The number of rotatable bonds is 8. The van der Waals surface area contributed by atoms with Crippen molar-refractivity contribution in [2.45, 2.75) is 32.9 Å². The third-order valence-electron chi connectivity index (χ3n) is 3.89. The zero-order chi connectivity index (χ0) is 19.3. The Morgan fingerprint density at radius 3 is 2.81 bits per heavy atom.